The van der Waals surface area contributed by atoms with Crippen LogP contribution >= 0.6 is 0 Å². The van der Waals surface area contributed by atoms with Gasteiger partial charge in [0.2, 0.25) is 0 Å². The predicted molar refractivity (Wildman–Crippen MR) is 143 cm³/mol. The van der Waals surface area contributed by atoms with E-state index >= 15 is 0 Å². The number of carbonyl (C=O) groups is 3. The van der Waals surface area contributed by atoms with Gasteiger partial charge in [-0.2, -0.15) is 0 Å². The van der Waals surface area contributed by atoms with E-state index in [0.717, 1.165) is 6.07 Å². The second-order valence-corrected chi connectivity index (χ2v) is 10.6. The third kappa shape index (κ3) is 13.1. The largest absolute Gasteiger partial charge is 0.514 e. The van der Waals surface area contributed by atoms with E-state index in [0.29, 0.717) is 6.54 Å². The number of nitro groups is 1. The third-order valence-corrected chi connectivity index (χ3v) is 4.90. The number of amides is 1. The number of benzene rings is 2. The molecule has 0 bridgehead atoms. The molecule has 1 amide bonds. The minimum Gasteiger partial charge on any atom is -0.443 e. The van der Waals surface area contributed by atoms with Crippen molar-refractivity contribution in [3.8, 4) is 11.5 Å². The second-order valence-electron chi connectivity index (χ2n) is 10.6. The molecule has 2 aromatic rings. The van der Waals surface area contributed by atoms with Gasteiger partial charge in [0.05, 0.1) is 24.6 Å². The molecule has 0 radical (unpaired) electrons. The highest BCUT2D eigenvalue weighted by Gasteiger charge is 2.25. The van der Waals surface area contributed by atoms with Gasteiger partial charge in [-0.05, 0) is 56.0 Å². The molecule has 0 aliphatic carbocycles. The van der Waals surface area contributed by atoms with Crippen molar-refractivity contribution in [1.29, 1.82) is 0 Å². The van der Waals surface area contributed by atoms with Crippen LogP contribution < -0.4 is 20.3 Å². The number of hydrogen-bond donors (Lipinski definition) is 2. The maximum atomic E-state index is 14.5. The first-order valence-electron chi connectivity index (χ1n) is 12.5. The Hall–Kier alpha value is -4.30. The second kappa shape index (κ2) is 14.9. The molecule has 2 aromatic carbocycles. The zero-order chi connectivity index (χ0) is 30.6. The lowest BCUT2D eigenvalue weighted by Crippen LogP contribution is -2.42. The van der Waals surface area contributed by atoms with Gasteiger partial charge in [-0.3, -0.25) is 20.3 Å². The van der Waals surface area contributed by atoms with Crippen molar-refractivity contribution >= 4 is 23.9 Å². The molecule has 41 heavy (non-hydrogen) atoms. The summed E-state index contributed by atoms with van der Waals surface area (Å²) in [5, 5.41) is 10.7. The average Bonchev–Trinajstić information content (AvgIpc) is 2.85. The lowest BCUT2D eigenvalue weighted by atomic mass is 9.90. The van der Waals surface area contributed by atoms with Gasteiger partial charge in [0.25, 0.3) is 5.69 Å². The van der Waals surface area contributed by atoms with Crippen LogP contribution in [0.3, 0.4) is 0 Å². The van der Waals surface area contributed by atoms with Crippen LogP contribution in [0, 0.1) is 21.3 Å². The SMILES string of the molecule is CC(C)(COCCNNC(=O)OC(C)(C)C)CC(=O)Oc1ccc(COC(=O)Oc2ccc([N+](=O)[O-])cc2)cc1F. The number of hydrogen-bond acceptors (Lipinski definition) is 11. The standard InChI is InChI=1S/C27H34FN3O10/c1-26(2,3)41-24(33)30-29-12-13-37-17-27(4,5)15-23(32)40-22-11-6-18(14-21(22)28)16-38-25(34)39-20-9-7-19(8-10-20)31(35)36/h6-11,14,29H,12-13,15-17H2,1-5H3,(H,30,33). The monoisotopic (exact) mass is 579 g/mol. The van der Waals surface area contributed by atoms with Gasteiger partial charge in [-0.1, -0.05) is 19.9 Å². The highest BCUT2D eigenvalue weighted by Crippen LogP contribution is 2.25. The van der Waals surface area contributed by atoms with Gasteiger partial charge >= 0.3 is 18.2 Å². The molecule has 0 heterocycles. The van der Waals surface area contributed by atoms with Crippen LogP contribution in [0.15, 0.2) is 42.5 Å². The van der Waals surface area contributed by atoms with Crippen LogP contribution in [0.2, 0.25) is 0 Å². The fourth-order valence-corrected chi connectivity index (χ4v) is 3.13. The minimum atomic E-state index is -1.09. The van der Waals surface area contributed by atoms with Crippen LogP contribution in [0.1, 0.15) is 46.6 Å². The van der Waals surface area contributed by atoms with Crippen molar-refractivity contribution in [3.05, 3.63) is 64.0 Å². The molecule has 0 spiro atoms. The molecule has 0 fully saturated rings. The Morgan fingerprint density at radius 1 is 1.00 bits per heavy atom. The Morgan fingerprint density at radius 3 is 2.29 bits per heavy atom. The van der Waals surface area contributed by atoms with Gasteiger partial charge in [0.15, 0.2) is 11.6 Å². The Labute approximate surface area is 236 Å². The van der Waals surface area contributed by atoms with E-state index in [1.165, 1.54) is 36.4 Å². The van der Waals surface area contributed by atoms with Crippen LogP contribution in [0.25, 0.3) is 0 Å². The average molecular weight is 580 g/mol. The molecule has 0 atom stereocenters. The van der Waals surface area contributed by atoms with E-state index in [-0.39, 0.29) is 49.0 Å². The number of ether oxygens (including phenoxy) is 5. The molecule has 0 aromatic heterocycles. The van der Waals surface area contributed by atoms with Gasteiger partial charge in [-0.15, -0.1) is 0 Å². The topological polar surface area (TPSA) is 165 Å². The number of nitro benzene ring substituents is 1. The van der Waals surface area contributed by atoms with Crippen molar-refractivity contribution < 1.29 is 47.4 Å². The highest BCUT2D eigenvalue weighted by atomic mass is 19.1. The molecule has 0 unspecified atom stereocenters. The van der Waals surface area contributed by atoms with E-state index in [1.807, 2.05) is 0 Å². The zero-order valence-electron chi connectivity index (χ0n) is 23.5. The van der Waals surface area contributed by atoms with Crippen molar-refractivity contribution in [2.75, 3.05) is 19.8 Å². The van der Waals surface area contributed by atoms with Crippen LogP contribution in [0.5, 0.6) is 11.5 Å². The molecule has 224 valence electrons. The molecule has 2 rings (SSSR count). The van der Waals surface area contributed by atoms with E-state index < -0.39 is 40.0 Å². The molecule has 13 nitrogen and oxygen atoms in total. The summed E-state index contributed by atoms with van der Waals surface area (Å²) in [6, 6.07) is 8.50. The van der Waals surface area contributed by atoms with E-state index in [2.05, 4.69) is 10.9 Å². The lowest BCUT2D eigenvalue weighted by molar-refractivity contribution is -0.384. The number of esters is 1. The van der Waals surface area contributed by atoms with Crippen molar-refractivity contribution in [2.24, 2.45) is 5.41 Å². The quantitative estimate of drug-likeness (QED) is 0.0835. The number of nitrogens with zero attached hydrogens (tertiary/aromatic N) is 1. The van der Waals surface area contributed by atoms with Gasteiger partial charge in [0.1, 0.15) is 18.0 Å². The number of hydrazine groups is 1. The van der Waals surface area contributed by atoms with Crippen LogP contribution in [-0.2, 0) is 25.6 Å². The normalized spacial score (nSPS) is 11.4. The van der Waals surface area contributed by atoms with Crippen molar-refractivity contribution in [2.45, 2.75) is 53.2 Å². The van der Waals surface area contributed by atoms with E-state index in [1.54, 1.807) is 34.6 Å². The fraction of sp³-hybridized carbons (Fsp3) is 0.444. The van der Waals surface area contributed by atoms with Gasteiger partial charge in [0, 0.05) is 18.7 Å². The zero-order valence-corrected chi connectivity index (χ0v) is 23.5. The molecule has 14 heteroatoms. The van der Waals surface area contributed by atoms with E-state index in [4.69, 9.17) is 23.7 Å². The first-order valence-corrected chi connectivity index (χ1v) is 12.5. The molecular formula is C27H34FN3O10. The minimum absolute atomic E-state index is 0.0363. The Kier molecular flexibility index (Phi) is 12.0. The summed E-state index contributed by atoms with van der Waals surface area (Å²) in [5.41, 5.74) is 3.92. The number of rotatable bonds is 13. The first-order chi connectivity index (χ1) is 19.1. The smallest absolute Gasteiger partial charge is 0.443 e. The molecule has 0 saturated carbocycles. The Bertz CT molecular complexity index is 1210. The summed E-state index contributed by atoms with van der Waals surface area (Å²) < 4.78 is 40.1. The summed E-state index contributed by atoms with van der Waals surface area (Å²) >= 11 is 0. The number of halogens is 1. The van der Waals surface area contributed by atoms with Gasteiger partial charge in [-0.25, -0.2) is 19.4 Å². The number of nitrogens with one attached hydrogen (secondary N) is 2. The Balaban J connectivity index is 1.72. The molecule has 2 N–H and O–H groups in total. The third-order valence-electron chi connectivity index (χ3n) is 4.90. The van der Waals surface area contributed by atoms with Crippen LogP contribution in [0.4, 0.5) is 19.7 Å². The van der Waals surface area contributed by atoms with Crippen LogP contribution in [-0.4, -0.2) is 48.5 Å². The van der Waals surface area contributed by atoms with Crippen molar-refractivity contribution in [3.63, 3.8) is 0 Å². The molecule has 0 saturated heterocycles. The van der Waals surface area contributed by atoms with Crippen molar-refractivity contribution in [1.82, 2.24) is 10.9 Å². The van der Waals surface area contributed by atoms with E-state index in [9.17, 15) is 28.9 Å². The number of carbonyl (C=O) groups excluding carboxylic acids is 3. The molecule has 0 aliphatic heterocycles. The first kappa shape index (κ1) is 32.9. The maximum Gasteiger partial charge on any atom is 0.514 e. The maximum absolute atomic E-state index is 14.5. The lowest BCUT2D eigenvalue weighted by Gasteiger charge is -2.23. The summed E-state index contributed by atoms with van der Waals surface area (Å²) in [6.07, 6.45) is -1.76. The summed E-state index contributed by atoms with van der Waals surface area (Å²) in [7, 11) is 0. The molecule has 0 aliphatic rings. The molecular weight excluding hydrogens is 545 g/mol. The number of non-ortho nitro benzene ring substituents is 1. The Morgan fingerprint density at radius 2 is 1.68 bits per heavy atom. The predicted octanol–water partition coefficient (Wildman–Crippen LogP) is 4.82. The highest BCUT2D eigenvalue weighted by molar-refractivity contribution is 5.73. The summed E-state index contributed by atoms with van der Waals surface area (Å²) in [6.45, 7) is 9.23. The fourth-order valence-electron chi connectivity index (χ4n) is 3.13. The van der Waals surface area contributed by atoms with Gasteiger partial charge < -0.3 is 23.7 Å². The summed E-state index contributed by atoms with van der Waals surface area (Å²) in [4.78, 5) is 45.9. The summed E-state index contributed by atoms with van der Waals surface area (Å²) in [5.74, 6) is -1.76.